The Bertz CT molecular complexity index is 819. The van der Waals surface area contributed by atoms with Crippen LogP contribution >= 0.6 is 34.7 Å². The van der Waals surface area contributed by atoms with Crippen molar-refractivity contribution in [3.05, 3.63) is 47.0 Å². The van der Waals surface area contributed by atoms with E-state index in [1.54, 1.807) is 23.1 Å². The highest BCUT2D eigenvalue weighted by molar-refractivity contribution is 8.00. The minimum Gasteiger partial charge on any atom is -0.454 e. The highest BCUT2D eigenvalue weighted by Crippen LogP contribution is 2.36. The zero-order valence-corrected chi connectivity index (χ0v) is 13.2. The molecule has 3 aromatic rings. The van der Waals surface area contributed by atoms with Crippen LogP contribution in [0.4, 0.5) is 0 Å². The lowest BCUT2D eigenvalue weighted by Gasteiger charge is -2.01. The monoisotopic (exact) mass is 335 g/mol. The Morgan fingerprint density at radius 1 is 1.14 bits per heavy atom. The minimum atomic E-state index is 0.310. The molecule has 1 aliphatic heterocycles. The van der Waals surface area contributed by atoms with Gasteiger partial charge in [0.15, 0.2) is 15.8 Å². The van der Waals surface area contributed by atoms with E-state index >= 15 is 0 Å². The quantitative estimate of drug-likeness (QED) is 0.632. The van der Waals surface area contributed by atoms with Gasteiger partial charge >= 0.3 is 0 Å². The van der Waals surface area contributed by atoms with Gasteiger partial charge in [-0.1, -0.05) is 29.4 Å². The third-order valence-electron chi connectivity index (χ3n) is 3.13. The lowest BCUT2D eigenvalue weighted by molar-refractivity contribution is 0.174. The van der Waals surface area contributed by atoms with Crippen LogP contribution < -0.4 is 9.47 Å². The van der Waals surface area contributed by atoms with E-state index in [2.05, 4.69) is 11.1 Å². The standard InChI is InChI=1S/C15H10ClNO2S2/c16-10-2-4-14-11(6-10)17-15(21-14)20-7-9-1-3-12-13(5-9)19-8-18-12/h1-6H,7-8H2. The molecule has 0 spiro atoms. The van der Waals surface area contributed by atoms with Crippen LogP contribution in [-0.2, 0) is 5.75 Å². The largest absolute Gasteiger partial charge is 0.454 e. The molecule has 2 heterocycles. The highest BCUT2D eigenvalue weighted by Gasteiger charge is 2.13. The molecule has 0 saturated heterocycles. The van der Waals surface area contributed by atoms with E-state index < -0.39 is 0 Å². The normalized spacial score (nSPS) is 13.0. The summed E-state index contributed by atoms with van der Waals surface area (Å²) in [7, 11) is 0. The van der Waals surface area contributed by atoms with Crippen molar-refractivity contribution in [3.63, 3.8) is 0 Å². The fourth-order valence-electron chi connectivity index (χ4n) is 2.12. The Balaban J connectivity index is 1.52. The van der Waals surface area contributed by atoms with Crippen molar-refractivity contribution in [1.29, 1.82) is 0 Å². The Kier molecular flexibility index (Phi) is 3.41. The average Bonchev–Trinajstić information content (AvgIpc) is 3.09. The number of thioether (sulfide) groups is 1. The zero-order chi connectivity index (χ0) is 14.2. The minimum absolute atomic E-state index is 0.310. The molecule has 0 radical (unpaired) electrons. The first-order valence-corrected chi connectivity index (χ1v) is 8.53. The van der Waals surface area contributed by atoms with E-state index in [9.17, 15) is 0 Å². The van der Waals surface area contributed by atoms with Gasteiger partial charge in [0.25, 0.3) is 0 Å². The van der Waals surface area contributed by atoms with E-state index in [-0.39, 0.29) is 0 Å². The van der Waals surface area contributed by atoms with E-state index in [0.29, 0.717) is 6.79 Å². The van der Waals surface area contributed by atoms with Crippen LogP contribution in [0.1, 0.15) is 5.56 Å². The predicted molar refractivity (Wildman–Crippen MR) is 86.8 cm³/mol. The third-order valence-corrected chi connectivity index (χ3v) is 5.61. The Morgan fingerprint density at radius 2 is 2.05 bits per heavy atom. The molecular weight excluding hydrogens is 326 g/mol. The molecule has 1 aliphatic rings. The zero-order valence-electron chi connectivity index (χ0n) is 10.8. The number of benzene rings is 2. The lowest BCUT2D eigenvalue weighted by atomic mass is 10.2. The van der Waals surface area contributed by atoms with Crippen molar-refractivity contribution < 1.29 is 9.47 Å². The number of aromatic nitrogens is 1. The third kappa shape index (κ3) is 2.69. The van der Waals surface area contributed by atoms with Gasteiger partial charge in [-0.15, -0.1) is 11.3 Å². The first-order valence-electron chi connectivity index (χ1n) is 6.35. The van der Waals surface area contributed by atoms with Gasteiger partial charge < -0.3 is 9.47 Å². The van der Waals surface area contributed by atoms with Gasteiger partial charge in [0.1, 0.15) is 0 Å². The molecule has 0 amide bonds. The fourth-order valence-corrected chi connectivity index (χ4v) is 4.28. The summed E-state index contributed by atoms with van der Waals surface area (Å²) in [6, 6.07) is 11.9. The summed E-state index contributed by atoms with van der Waals surface area (Å²) in [5.41, 5.74) is 2.15. The second-order valence-electron chi connectivity index (χ2n) is 4.57. The van der Waals surface area contributed by atoms with Crippen LogP contribution in [0.2, 0.25) is 5.02 Å². The number of fused-ring (bicyclic) bond motifs is 2. The first kappa shape index (κ1) is 13.2. The Hall–Kier alpha value is -1.43. The summed E-state index contributed by atoms with van der Waals surface area (Å²) in [6.45, 7) is 0.310. The maximum atomic E-state index is 5.99. The molecule has 0 fully saturated rings. The summed E-state index contributed by atoms with van der Waals surface area (Å²) in [5.74, 6) is 2.49. The molecule has 0 saturated carbocycles. The second-order valence-corrected chi connectivity index (χ2v) is 7.26. The number of thiazole rings is 1. The molecule has 0 unspecified atom stereocenters. The van der Waals surface area contributed by atoms with Crippen molar-refractivity contribution in [2.75, 3.05) is 6.79 Å². The molecule has 1 aromatic heterocycles. The highest BCUT2D eigenvalue weighted by atomic mass is 35.5. The lowest BCUT2D eigenvalue weighted by Crippen LogP contribution is -1.92. The molecule has 0 N–H and O–H groups in total. The Labute approximate surface area is 134 Å². The van der Waals surface area contributed by atoms with Crippen LogP contribution in [0.15, 0.2) is 40.7 Å². The van der Waals surface area contributed by atoms with E-state index in [1.807, 2.05) is 30.3 Å². The van der Waals surface area contributed by atoms with Crippen LogP contribution in [-0.4, -0.2) is 11.8 Å². The van der Waals surface area contributed by atoms with E-state index in [4.69, 9.17) is 21.1 Å². The number of halogens is 1. The predicted octanol–water partition coefficient (Wildman–Crippen LogP) is 4.97. The maximum absolute atomic E-state index is 5.99. The topological polar surface area (TPSA) is 31.4 Å². The van der Waals surface area contributed by atoms with Gasteiger partial charge in [0.05, 0.1) is 10.2 Å². The molecule has 21 heavy (non-hydrogen) atoms. The number of ether oxygens (including phenoxy) is 2. The number of hydrogen-bond acceptors (Lipinski definition) is 5. The number of rotatable bonds is 3. The molecule has 106 valence electrons. The maximum Gasteiger partial charge on any atom is 0.231 e. The molecule has 0 bridgehead atoms. The average molecular weight is 336 g/mol. The van der Waals surface area contributed by atoms with Crippen LogP contribution in [0.3, 0.4) is 0 Å². The van der Waals surface area contributed by atoms with E-state index in [1.165, 1.54) is 5.56 Å². The van der Waals surface area contributed by atoms with Crippen molar-refractivity contribution in [1.82, 2.24) is 4.98 Å². The summed E-state index contributed by atoms with van der Waals surface area (Å²) < 4.78 is 12.9. The van der Waals surface area contributed by atoms with Gasteiger partial charge in [0, 0.05) is 10.8 Å². The van der Waals surface area contributed by atoms with Crippen molar-refractivity contribution in [3.8, 4) is 11.5 Å². The van der Waals surface area contributed by atoms with Gasteiger partial charge in [-0.25, -0.2) is 4.98 Å². The van der Waals surface area contributed by atoms with E-state index in [0.717, 1.165) is 36.8 Å². The molecule has 3 nitrogen and oxygen atoms in total. The molecule has 2 aromatic carbocycles. The summed E-state index contributed by atoms with van der Waals surface area (Å²) in [6.07, 6.45) is 0. The molecule has 4 rings (SSSR count). The first-order chi connectivity index (χ1) is 10.3. The van der Waals surface area contributed by atoms with Gasteiger partial charge in [0.2, 0.25) is 6.79 Å². The van der Waals surface area contributed by atoms with Crippen LogP contribution in [0, 0.1) is 0 Å². The SMILES string of the molecule is Clc1ccc2sc(SCc3ccc4c(c3)OCO4)nc2c1. The van der Waals surface area contributed by atoms with Gasteiger partial charge in [-0.2, -0.15) is 0 Å². The van der Waals surface area contributed by atoms with Gasteiger partial charge in [-0.05, 0) is 35.9 Å². The number of nitrogens with zero attached hydrogens (tertiary/aromatic N) is 1. The van der Waals surface area contributed by atoms with Crippen molar-refractivity contribution in [2.45, 2.75) is 10.1 Å². The second kappa shape index (κ2) is 5.40. The van der Waals surface area contributed by atoms with Crippen molar-refractivity contribution >= 4 is 44.9 Å². The smallest absolute Gasteiger partial charge is 0.231 e. The summed E-state index contributed by atoms with van der Waals surface area (Å²) in [4.78, 5) is 4.60. The molecule has 0 aliphatic carbocycles. The summed E-state index contributed by atoms with van der Waals surface area (Å²) in [5, 5.41) is 0.722. The molecular formula is C15H10ClNO2S2. The van der Waals surface area contributed by atoms with Gasteiger partial charge in [-0.3, -0.25) is 0 Å². The molecule has 0 atom stereocenters. The van der Waals surface area contributed by atoms with Crippen molar-refractivity contribution in [2.24, 2.45) is 0 Å². The Morgan fingerprint density at radius 3 is 3.00 bits per heavy atom. The number of hydrogen-bond donors (Lipinski definition) is 0. The fraction of sp³-hybridized carbons (Fsp3) is 0.133. The van der Waals surface area contributed by atoms with Crippen LogP contribution in [0.25, 0.3) is 10.2 Å². The summed E-state index contributed by atoms with van der Waals surface area (Å²) >= 11 is 9.39. The molecule has 6 heteroatoms. The van der Waals surface area contributed by atoms with Crippen LogP contribution in [0.5, 0.6) is 11.5 Å².